The zero-order chi connectivity index (χ0) is 19.2. The highest BCUT2D eigenvalue weighted by atomic mass is 32.1. The van der Waals surface area contributed by atoms with Gasteiger partial charge < -0.3 is 20.9 Å². The smallest absolute Gasteiger partial charge is 0.312 e. The first-order chi connectivity index (χ1) is 13.0. The predicted molar refractivity (Wildman–Crippen MR) is 101 cm³/mol. The molecule has 0 fully saturated rings. The van der Waals surface area contributed by atoms with Crippen LogP contribution in [0.15, 0.2) is 29.6 Å². The first-order valence-electron chi connectivity index (χ1n) is 8.13. The van der Waals surface area contributed by atoms with Crippen LogP contribution in [0, 0.1) is 0 Å². The number of nitrogens with zero attached hydrogens (tertiary/aromatic N) is 4. The van der Waals surface area contributed by atoms with Gasteiger partial charge in [-0.25, -0.2) is 4.98 Å². The van der Waals surface area contributed by atoms with Crippen molar-refractivity contribution in [3.8, 4) is 16.3 Å². The second-order valence-corrected chi connectivity index (χ2v) is 6.24. The number of rotatable bonds is 7. The molecule has 0 unspecified atom stereocenters. The van der Waals surface area contributed by atoms with Crippen LogP contribution in [0.4, 0.5) is 11.9 Å². The van der Waals surface area contributed by atoms with Crippen molar-refractivity contribution in [2.24, 2.45) is 0 Å². The van der Waals surface area contributed by atoms with Gasteiger partial charge in [-0.2, -0.15) is 15.0 Å². The third kappa shape index (κ3) is 4.88. The van der Waals surface area contributed by atoms with E-state index in [1.807, 2.05) is 36.6 Å². The Balaban J connectivity index is 1.63. The minimum atomic E-state index is -0.456. The second kappa shape index (κ2) is 8.41. The van der Waals surface area contributed by atoms with Crippen LogP contribution in [0.5, 0.6) is 5.75 Å². The zero-order valence-corrected chi connectivity index (χ0v) is 15.4. The Morgan fingerprint density at radius 3 is 2.59 bits per heavy atom. The van der Waals surface area contributed by atoms with Gasteiger partial charge in [0.2, 0.25) is 11.9 Å². The molecule has 0 atom stereocenters. The van der Waals surface area contributed by atoms with Crippen LogP contribution in [0.1, 0.15) is 18.4 Å². The lowest BCUT2D eigenvalue weighted by atomic mass is 10.2. The molecule has 140 valence electrons. The summed E-state index contributed by atoms with van der Waals surface area (Å²) in [5.41, 5.74) is 12.5. The number of hydrogen-bond donors (Lipinski definition) is 2. The quantitative estimate of drug-likeness (QED) is 0.582. The number of carbonyl (C=O) groups is 1. The van der Waals surface area contributed by atoms with Crippen LogP contribution < -0.4 is 16.2 Å². The number of carbonyl (C=O) groups excluding carboxylic acids is 1. The van der Waals surface area contributed by atoms with Gasteiger partial charge in [-0.05, 0) is 19.1 Å². The van der Waals surface area contributed by atoms with Gasteiger partial charge in [0.25, 0.3) is 0 Å². The van der Waals surface area contributed by atoms with Gasteiger partial charge >= 0.3 is 5.97 Å². The van der Waals surface area contributed by atoms with Crippen molar-refractivity contribution in [2.45, 2.75) is 20.0 Å². The summed E-state index contributed by atoms with van der Waals surface area (Å²) in [5, 5.41) is 2.60. The van der Waals surface area contributed by atoms with Gasteiger partial charge in [0.15, 0.2) is 12.4 Å². The van der Waals surface area contributed by atoms with E-state index >= 15 is 0 Å². The van der Waals surface area contributed by atoms with Crippen LogP contribution in [-0.2, 0) is 22.6 Å². The van der Waals surface area contributed by atoms with Gasteiger partial charge in [0, 0.05) is 5.38 Å². The van der Waals surface area contributed by atoms with Gasteiger partial charge in [-0.1, -0.05) is 12.1 Å². The highest BCUT2D eigenvalue weighted by Gasteiger charge is 2.14. The molecule has 0 aliphatic carbocycles. The summed E-state index contributed by atoms with van der Waals surface area (Å²) in [5.74, 6) is 0.449. The van der Waals surface area contributed by atoms with Crippen molar-refractivity contribution in [2.75, 3.05) is 18.1 Å². The molecule has 2 aromatic heterocycles. The van der Waals surface area contributed by atoms with Gasteiger partial charge in [-0.15, -0.1) is 11.3 Å². The molecular formula is C17H18N6O3S. The Morgan fingerprint density at radius 1 is 1.11 bits per heavy atom. The van der Waals surface area contributed by atoms with E-state index in [0.717, 1.165) is 16.3 Å². The minimum Gasteiger partial charge on any atom is -0.493 e. The Labute approximate surface area is 159 Å². The van der Waals surface area contributed by atoms with Crippen LogP contribution in [-0.4, -0.2) is 32.5 Å². The Kier molecular flexibility index (Phi) is 5.77. The lowest BCUT2D eigenvalue weighted by molar-refractivity contribution is -0.144. The molecule has 0 spiro atoms. The first kappa shape index (κ1) is 18.5. The summed E-state index contributed by atoms with van der Waals surface area (Å²) >= 11 is 1.44. The molecule has 0 saturated heterocycles. The molecular weight excluding hydrogens is 368 g/mol. The van der Waals surface area contributed by atoms with E-state index in [-0.39, 0.29) is 30.7 Å². The number of aromatic nitrogens is 4. The monoisotopic (exact) mass is 386 g/mol. The molecule has 3 aromatic rings. The van der Waals surface area contributed by atoms with E-state index in [1.54, 1.807) is 0 Å². The second-order valence-electron chi connectivity index (χ2n) is 5.38. The molecule has 0 bridgehead atoms. The standard InChI is InChI=1S/C17H18N6O3S/c1-2-25-12-6-4-3-5-11(12)15-20-10(9-27-15)7-14(24)26-8-13-21-16(18)23-17(19)22-13/h3-6,9H,2,7-8H2,1H3,(H4,18,19,21,22,23). The normalized spacial score (nSPS) is 10.6. The predicted octanol–water partition coefficient (Wildman–Crippen LogP) is 1.84. The maximum absolute atomic E-state index is 12.1. The van der Waals surface area contributed by atoms with Gasteiger partial charge in [-0.3, -0.25) is 4.79 Å². The van der Waals surface area contributed by atoms with E-state index in [9.17, 15) is 4.79 Å². The molecule has 0 amide bonds. The van der Waals surface area contributed by atoms with Crippen molar-refractivity contribution in [3.63, 3.8) is 0 Å². The fraction of sp³-hybridized carbons (Fsp3) is 0.235. The maximum Gasteiger partial charge on any atom is 0.312 e. The highest BCUT2D eigenvalue weighted by Crippen LogP contribution is 2.32. The van der Waals surface area contributed by atoms with Crippen LogP contribution in [0.25, 0.3) is 10.6 Å². The molecule has 2 heterocycles. The molecule has 10 heteroatoms. The van der Waals surface area contributed by atoms with Crippen LogP contribution in [0.3, 0.4) is 0 Å². The number of benzene rings is 1. The van der Waals surface area contributed by atoms with E-state index in [2.05, 4.69) is 19.9 Å². The molecule has 0 aliphatic rings. The number of thiazole rings is 1. The number of esters is 1. The summed E-state index contributed by atoms with van der Waals surface area (Å²) in [7, 11) is 0. The molecule has 3 rings (SSSR count). The first-order valence-corrected chi connectivity index (χ1v) is 9.01. The summed E-state index contributed by atoms with van der Waals surface area (Å²) in [6.45, 7) is 2.35. The number of nitrogens with two attached hydrogens (primary N) is 2. The van der Waals surface area contributed by atoms with E-state index in [0.29, 0.717) is 12.3 Å². The van der Waals surface area contributed by atoms with E-state index < -0.39 is 5.97 Å². The van der Waals surface area contributed by atoms with Crippen LogP contribution in [0.2, 0.25) is 0 Å². The number of para-hydroxylation sites is 1. The van der Waals surface area contributed by atoms with Crippen molar-refractivity contribution < 1.29 is 14.3 Å². The average molecular weight is 386 g/mol. The molecule has 0 aliphatic heterocycles. The zero-order valence-electron chi connectivity index (χ0n) is 14.6. The topological polar surface area (TPSA) is 139 Å². The number of ether oxygens (including phenoxy) is 2. The summed E-state index contributed by atoms with van der Waals surface area (Å²) < 4.78 is 10.8. The van der Waals surface area contributed by atoms with Crippen LogP contribution >= 0.6 is 11.3 Å². The highest BCUT2D eigenvalue weighted by molar-refractivity contribution is 7.13. The third-order valence-electron chi connectivity index (χ3n) is 3.37. The Morgan fingerprint density at radius 2 is 1.85 bits per heavy atom. The van der Waals surface area contributed by atoms with Crippen molar-refractivity contribution in [1.82, 2.24) is 19.9 Å². The average Bonchev–Trinajstić information content (AvgIpc) is 3.08. The molecule has 9 nitrogen and oxygen atoms in total. The molecule has 27 heavy (non-hydrogen) atoms. The summed E-state index contributed by atoms with van der Waals surface area (Å²) in [6, 6.07) is 7.64. The number of hydrogen-bond acceptors (Lipinski definition) is 10. The summed E-state index contributed by atoms with van der Waals surface area (Å²) in [6.07, 6.45) is 0.0311. The Bertz CT molecular complexity index is 926. The fourth-order valence-electron chi connectivity index (χ4n) is 2.30. The van der Waals surface area contributed by atoms with Crippen molar-refractivity contribution in [3.05, 3.63) is 41.2 Å². The van der Waals surface area contributed by atoms with E-state index in [1.165, 1.54) is 11.3 Å². The Hall–Kier alpha value is -3.27. The van der Waals surface area contributed by atoms with Crippen molar-refractivity contribution >= 4 is 29.2 Å². The largest absolute Gasteiger partial charge is 0.493 e. The van der Waals surface area contributed by atoms with Gasteiger partial charge in [0.05, 0.1) is 24.3 Å². The molecule has 4 N–H and O–H groups in total. The molecule has 0 radical (unpaired) electrons. The maximum atomic E-state index is 12.1. The molecule has 0 saturated carbocycles. The number of nitrogen functional groups attached to an aromatic ring is 2. The SMILES string of the molecule is CCOc1ccccc1-c1nc(CC(=O)OCc2nc(N)nc(N)n2)cs1. The number of anilines is 2. The lowest BCUT2D eigenvalue weighted by Crippen LogP contribution is -2.12. The third-order valence-corrected chi connectivity index (χ3v) is 4.30. The summed E-state index contributed by atoms with van der Waals surface area (Å²) in [4.78, 5) is 27.9. The van der Waals surface area contributed by atoms with Crippen molar-refractivity contribution in [1.29, 1.82) is 0 Å². The lowest BCUT2D eigenvalue weighted by Gasteiger charge is -2.07. The fourth-order valence-corrected chi connectivity index (χ4v) is 3.15. The van der Waals surface area contributed by atoms with E-state index in [4.69, 9.17) is 20.9 Å². The minimum absolute atomic E-state index is 0.0225. The van der Waals surface area contributed by atoms with Gasteiger partial charge in [0.1, 0.15) is 10.8 Å². The molecule has 1 aromatic carbocycles.